The van der Waals surface area contributed by atoms with E-state index in [9.17, 15) is 14.7 Å². The first-order chi connectivity index (χ1) is 12.5. The Morgan fingerprint density at radius 3 is 2.42 bits per heavy atom. The average Bonchev–Trinajstić information content (AvgIpc) is 2.99. The van der Waals surface area contributed by atoms with E-state index >= 15 is 0 Å². The van der Waals surface area contributed by atoms with Crippen molar-refractivity contribution in [3.63, 3.8) is 0 Å². The van der Waals surface area contributed by atoms with Crippen LogP contribution in [0.4, 0.5) is 4.79 Å². The van der Waals surface area contributed by atoms with Crippen molar-refractivity contribution in [2.24, 2.45) is 5.41 Å². The third-order valence-electron chi connectivity index (χ3n) is 5.86. The number of carboxylic acid groups (broad SMARTS) is 1. The fraction of sp³-hybridized carbons (Fsp3) is 0.579. The maximum absolute atomic E-state index is 12.8. The van der Waals surface area contributed by atoms with Gasteiger partial charge in [-0.3, -0.25) is 4.90 Å². The molecule has 7 heteroatoms. The molecule has 2 saturated heterocycles. The molecule has 1 aromatic carbocycles. The maximum atomic E-state index is 12.8. The van der Waals surface area contributed by atoms with Crippen LogP contribution in [0, 0.1) is 5.41 Å². The number of carboxylic acids is 1. The Morgan fingerprint density at radius 2 is 1.85 bits per heavy atom. The number of nitrogens with zero attached hydrogens (tertiary/aromatic N) is 1. The standard InChI is InChI=1S/C19H23NO6/c21-16(22)15-11-26-19(8-6-18(7-9-19)12-24-13-18)20(15)17(23)25-10-14-4-2-1-3-5-14/h1-5,15H,6-13H2,(H,21,22). The van der Waals surface area contributed by atoms with Crippen LogP contribution in [0.3, 0.4) is 0 Å². The maximum Gasteiger partial charge on any atom is 0.413 e. The average molecular weight is 361 g/mol. The fourth-order valence-corrected chi connectivity index (χ4v) is 4.16. The summed E-state index contributed by atoms with van der Waals surface area (Å²) in [5.41, 5.74) is 0.156. The summed E-state index contributed by atoms with van der Waals surface area (Å²) in [6.45, 7) is 1.59. The van der Waals surface area contributed by atoms with Crippen molar-refractivity contribution in [3.05, 3.63) is 35.9 Å². The molecule has 1 saturated carbocycles. The van der Waals surface area contributed by atoms with Crippen molar-refractivity contribution in [2.75, 3.05) is 19.8 Å². The molecular weight excluding hydrogens is 338 g/mol. The molecule has 26 heavy (non-hydrogen) atoms. The molecule has 1 atom stereocenters. The van der Waals surface area contributed by atoms with Gasteiger partial charge in [-0.2, -0.15) is 0 Å². The molecular formula is C19H23NO6. The first kappa shape index (κ1) is 17.3. The van der Waals surface area contributed by atoms with E-state index in [0.717, 1.165) is 31.6 Å². The van der Waals surface area contributed by atoms with Crippen LogP contribution in [0.15, 0.2) is 30.3 Å². The summed E-state index contributed by atoms with van der Waals surface area (Å²) in [7, 11) is 0. The van der Waals surface area contributed by atoms with Crippen molar-refractivity contribution >= 4 is 12.1 Å². The van der Waals surface area contributed by atoms with E-state index in [4.69, 9.17) is 14.2 Å². The SMILES string of the molecule is O=C(O)C1COC2(CCC3(CC2)COC3)N1C(=O)OCc1ccccc1. The highest BCUT2D eigenvalue weighted by atomic mass is 16.6. The van der Waals surface area contributed by atoms with Gasteiger partial charge in [0, 0.05) is 5.41 Å². The predicted molar refractivity (Wildman–Crippen MR) is 90.3 cm³/mol. The van der Waals surface area contributed by atoms with Crippen LogP contribution >= 0.6 is 0 Å². The lowest BCUT2D eigenvalue weighted by molar-refractivity contribution is -0.185. The molecule has 0 aromatic heterocycles. The molecule has 0 radical (unpaired) electrons. The van der Waals surface area contributed by atoms with Crippen molar-refractivity contribution in [1.29, 1.82) is 0 Å². The van der Waals surface area contributed by atoms with Gasteiger partial charge in [0.05, 0.1) is 19.8 Å². The largest absolute Gasteiger partial charge is 0.480 e. The quantitative estimate of drug-likeness (QED) is 0.890. The van der Waals surface area contributed by atoms with Gasteiger partial charge >= 0.3 is 12.1 Å². The minimum Gasteiger partial charge on any atom is -0.480 e. The number of benzene rings is 1. The van der Waals surface area contributed by atoms with E-state index in [0.29, 0.717) is 12.8 Å². The van der Waals surface area contributed by atoms with Crippen LogP contribution in [-0.2, 0) is 25.6 Å². The van der Waals surface area contributed by atoms with Gasteiger partial charge in [0.2, 0.25) is 0 Å². The molecule has 4 rings (SSSR count). The van der Waals surface area contributed by atoms with Crippen LogP contribution in [0.25, 0.3) is 0 Å². The van der Waals surface area contributed by atoms with E-state index in [1.165, 1.54) is 4.90 Å². The molecule has 2 aliphatic heterocycles. The fourth-order valence-electron chi connectivity index (χ4n) is 4.16. The molecule has 1 amide bonds. The van der Waals surface area contributed by atoms with Crippen molar-refractivity contribution < 1.29 is 28.9 Å². The molecule has 1 unspecified atom stereocenters. The zero-order valence-electron chi connectivity index (χ0n) is 14.6. The number of hydrogen-bond donors (Lipinski definition) is 1. The van der Waals surface area contributed by atoms with Crippen molar-refractivity contribution in [3.8, 4) is 0 Å². The lowest BCUT2D eigenvalue weighted by Crippen LogP contribution is -2.58. The summed E-state index contributed by atoms with van der Waals surface area (Å²) in [5, 5.41) is 9.54. The van der Waals surface area contributed by atoms with Gasteiger partial charge in [0.25, 0.3) is 0 Å². The van der Waals surface area contributed by atoms with Gasteiger partial charge in [-0.15, -0.1) is 0 Å². The van der Waals surface area contributed by atoms with Crippen molar-refractivity contribution in [1.82, 2.24) is 4.90 Å². The van der Waals surface area contributed by atoms with E-state index < -0.39 is 23.8 Å². The summed E-state index contributed by atoms with van der Waals surface area (Å²) in [5.74, 6) is -1.06. The second-order valence-corrected chi connectivity index (χ2v) is 7.51. The van der Waals surface area contributed by atoms with E-state index in [1.54, 1.807) is 0 Å². The number of carbonyl (C=O) groups is 2. The highest BCUT2D eigenvalue weighted by Gasteiger charge is 2.58. The van der Waals surface area contributed by atoms with E-state index in [1.807, 2.05) is 30.3 Å². The number of carbonyl (C=O) groups excluding carboxylic acids is 1. The van der Waals surface area contributed by atoms with Gasteiger partial charge in [0.15, 0.2) is 6.04 Å². The second kappa shape index (κ2) is 6.55. The molecule has 3 aliphatic rings. The van der Waals surface area contributed by atoms with Crippen LogP contribution in [0.2, 0.25) is 0 Å². The molecule has 1 aliphatic carbocycles. The van der Waals surface area contributed by atoms with Gasteiger partial charge < -0.3 is 19.3 Å². The van der Waals surface area contributed by atoms with Crippen LogP contribution < -0.4 is 0 Å². The normalized spacial score (nSPS) is 25.8. The Bertz CT molecular complexity index is 677. The second-order valence-electron chi connectivity index (χ2n) is 7.51. The molecule has 0 bridgehead atoms. The summed E-state index contributed by atoms with van der Waals surface area (Å²) >= 11 is 0. The molecule has 1 aromatic rings. The lowest BCUT2D eigenvalue weighted by atomic mass is 9.69. The molecule has 140 valence electrons. The molecule has 2 heterocycles. The highest BCUT2D eigenvalue weighted by molar-refractivity contribution is 5.81. The molecule has 3 fully saturated rings. The van der Waals surface area contributed by atoms with Gasteiger partial charge in [0.1, 0.15) is 12.3 Å². The first-order valence-electron chi connectivity index (χ1n) is 8.98. The Morgan fingerprint density at radius 1 is 1.15 bits per heavy atom. The topological polar surface area (TPSA) is 85.3 Å². The smallest absolute Gasteiger partial charge is 0.413 e. The Hall–Kier alpha value is -2.12. The third kappa shape index (κ3) is 2.95. The van der Waals surface area contributed by atoms with E-state index in [2.05, 4.69) is 0 Å². The number of ether oxygens (including phenoxy) is 3. The minimum absolute atomic E-state index is 0.000724. The van der Waals surface area contributed by atoms with Gasteiger partial charge in [-0.1, -0.05) is 30.3 Å². The van der Waals surface area contributed by atoms with Crippen LogP contribution in [0.1, 0.15) is 31.2 Å². The minimum atomic E-state index is -1.06. The first-order valence-corrected chi connectivity index (χ1v) is 8.98. The summed E-state index contributed by atoms with van der Waals surface area (Å²) in [6.07, 6.45) is 2.32. The summed E-state index contributed by atoms with van der Waals surface area (Å²) < 4.78 is 16.7. The number of amides is 1. The highest BCUT2D eigenvalue weighted by Crippen LogP contribution is 2.50. The lowest BCUT2D eigenvalue weighted by Gasteiger charge is -2.51. The monoisotopic (exact) mass is 361 g/mol. The van der Waals surface area contributed by atoms with Gasteiger partial charge in [-0.25, -0.2) is 9.59 Å². The zero-order chi connectivity index (χ0) is 18.2. The Labute approximate surface area is 151 Å². The molecule has 2 spiro atoms. The van der Waals surface area contributed by atoms with Crippen molar-refractivity contribution in [2.45, 2.75) is 44.1 Å². The van der Waals surface area contributed by atoms with Crippen LogP contribution in [0.5, 0.6) is 0 Å². The molecule has 7 nitrogen and oxygen atoms in total. The number of aliphatic carboxylic acids is 1. The molecule has 1 N–H and O–H groups in total. The number of rotatable bonds is 3. The van der Waals surface area contributed by atoms with Crippen LogP contribution in [-0.4, -0.2) is 53.7 Å². The Kier molecular flexibility index (Phi) is 4.36. The number of hydrogen-bond acceptors (Lipinski definition) is 5. The van der Waals surface area contributed by atoms with E-state index in [-0.39, 0.29) is 18.6 Å². The summed E-state index contributed by atoms with van der Waals surface area (Å²) in [4.78, 5) is 25.8. The summed E-state index contributed by atoms with van der Waals surface area (Å²) in [6, 6.07) is 8.33. The predicted octanol–water partition coefficient (Wildman–Crippen LogP) is 2.40. The Balaban J connectivity index is 1.49. The third-order valence-corrected chi connectivity index (χ3v) is 5.86. The zero-order valence-corrected chi connectivity index (χ0v) is 14.6. The van der Waals surface area contributed by atoms with Gasteiger partial charge in [-0.05, 0) is 31.2 Å².